The summed E-state index contributed by atoms with van der Waals surface area (Å²) < 4.78 is 0. The number of benzene rings is 1. The van der Waals surface area contributed by atoms with E-state index in [0.717, 1.165) is 22.3 Å². The Hall–Kier alpha value is -2.60. The zero-order chi connectivity index (χ0) is 15.4. The fourth-order valence-corrected chi connectivity index (χ4v) is 2.50. The van der Waals surface area contributed by atoms with Crippen LogP contribution in [-0.2, 0) is 17.6 Å². The van der Waals surface area contributed by atoms with Crippen LogP contribution in [0.2, 0.25) is 0 Å². The number of nitrogens with two attached hydrogens (primary N) is 1. The van der Waals surface area contributed by atoms with Crippen LogP contribution in [0.1, 0.15) is 11.4 Å². The number of nitrogens with one attached hydrogen (secondary N) is 3. The van der Waals surface area contributed by atoms with Crippen LogP contribution in [0.25, 0.3) is 10.9 Å². The largest absolute Gasteiger partial charge is 0.361 e. The molecule has 22 heavy (non-hydrogen) atoms. The summed E-state index contributed by atoms with van der Waals surface area (Å²) >= 11 is 0. The van der Waals surface area contributed by atoms with Crippen molar-refractivity contribution in [3.05, 3.63) is 54.2 Å². The molecule has 0 spiro atoms. The van der Waals surface area contributed by atoms with Crippen molar-refractivity contribution >= 4 is 16.8 Å². The summed E-state index contributed by atoms with van der Waals surface area (Å²) in [6.07, 6.45) is 6.55. The molecule has 0 radical (unpaired) electrons. The molecule has 0 aliphatic carbocycles. The number of carbonyl (C=O) groups excluding carboxylic acids is 1. The third-order valence-electron chi connectivity index (χ3n) is 3.67. The Morgan fingerprint density at radius 3 is 3.00 bits per heavy atom. The highest BCUT2D eigenvalue weighted by atomic mass is 16.2. The highest BCUT2D eigenvalue weighted by molar-refractivity contribution is 5.86. The van der Waals surface area contributed by atoms with Crippen LogP contribution < -0.4 is 11.1 Å². The van der Waals surface area contributed by atoms with Crippen molar-refractivity contribution in [3.8, 4) is 0 Å². The zero-order valence-corrected chi connectivity index (χ0v) is 12.2. The van der Waals surface area contributed by atoms with Gasteiger partial charge in [0.1, 0.15) is 5.82 Å². The number of imidazole rings is 1. The van der Waals surface area contributed by atoms with E-state index in [1.54, 1.807) is 12.4 Å². The number of amides is 1. The van der Waals surface area contributed by atoms with E-state index in [0.29, 0.717) is 19.4 Å². The Morgan fingerprint density at radius 2 is 2.18 bits per heavy atom. The average molecular weight is 297 g/mol. The molecule has 2 heterocycles. The van der Waals surface area contributed by atoms with E-state index >= 15 is 0 Å². The normalized spacial score (nSPS) is 12.4. The maximum atomic E-state index is 12.1. The van der Waals surface area contributed by atoms with Gasteiger partial charge < -0.3 is 21.0 Å². The Morgan fingerprint density at radius 1 is 1.32 bits per heavy atom. The van der Waals surface area contributed by atoms with Crippen molar-refractivity contribution in [1.82, 2.24) is 20.3 Å². The summed E-state index contributed by atoms with van der Waals surface area (Å²) in [5.41, 5.74) is 8.13. The smallest absolute Gasteiger partial charge is 0.237 e. The van der Waals surface area contributed by atoms with Crippen molar-refractivity contribution in [2.75, 3.05) is 6.54 Å². The number of fused-ring (bicyclic) bond motifs is 1. The SMILES string of the molecule is N[C@@H](Cc1c[nH]c2ccccc12)C(=O)NCCc1ncc[nH]1. The summed E-state index contributed by atoms with van der Waals surface area (Å²) in [4.78, 5) is 22.4. The molecular weight excluding hydrogens is 278 g/mol. The maximum Gasteiger partial charge on any atom is 0.237 e. The molecular formula is C16H19N5O. The first kappa shape index (κ1) is 14.3. The average Bonchev–Trinajstić information content (AvgIpc) is 3.17. The fourth-order valence-electron chi connectivity index (χ4n) is 2.50. The molecule has 0 aliphatic rings. The number of aromatic nitrogens is 3. The monoisotopic (exact) mass is 297 g/mol. The molecule has 0 fully saturated rings. The molecule has 6 nitrogen and oxygen atoms in total. The maximum absolute atomic E-state index is 12.1. The Kier molecular flexibility index (Phi) is 4.20. The molecule has 6 heteroatoms. The molecule has 0 unspecified atom stereocenters. The van der Waals surface area contributed by atoms with Crippen molar-refractivity contribution in [1.29, 1.82) is 0 Å². The summed E-state index contributed by atoms with van der Waals surface area (Å²) in [6.45, 7) is 0.522. The van der Waals surface area contributed by atoms with Crippen molar-refractivity contribution in [2.45, 2.75) is 18.9 Å². The number of para-hydroxylation sites is 1. The topological polar surface area (TPSA) is 99.6 Å². The lowest BCUT2D eigenvalue weighted by Crippen LogP contribution is -2.42. The predicted molar refractivity (Wildman–Crippen MR) is 85.3 cm³/mol. The van der Waals surface area contributed by atoms with Crippen LogP contribution in [0.3, 0.4) is 0 Å². The van der Waals surface area contributed by atoms with E-state index < -0.39 is 6.04 Å². The van der Waals surface area contributed by atoms with E-state index in [4.69, 9.17) is 5.73 Å². The van der Waals surface area contributed by atoms with Gasteiger partial charge in [0.15, 0.2) is 0 Å². The van der Waals surface area contributed by atoms with Crippen LogP contribution in [0.5, 0.6) is 0 Å². The molecule has 5 N–H and O–H groups in total. The zero-order valence-electron chi connectivity index (χ0n) is 12.2. The first-order valence-corrected chi connectivity index (χ1v) is 7.30. The minimum absolute atomic E-state index is 0.142. The van der Waals surface area contributed by atoms with Gasteiger partial charge in [0.2, 0.25) is 5.91 Å². The molecule has 3 aromatic rings. The van der Waals surface area contributed by atoms with Gasteiger partial charge in [0, 0.05) is 42.5 Å². The first-order valence-electron chi connectivity index (χ1n) is 7.30. The number of aromatic amines is 2. The lowest BCUT2D eigenvalue weighted by molar-refractivity contribution is -0.122. The van der Waals surface area contributed by atoms with Gasteiger partial charge in [-0.05, 0) is 18.1 Å². The Labute approximate surface area is 128 Å². The number of carbonyl (C=O) groups is 1. The number of H-pyrrole nitrogens is 2. The quantitative estimate of drug-likeness (QED) is 0.548. The van der Waals surface area contributed by atoms with E-state index in [-0.39, 0.29) is 5.91 Å². The molecule has 0 saturated carbocycles. The molecule has 114 valence electrons. The lowest BCUT2D eigenvalue weighted by atomic mass is 10.1. The molecule has 0 aliphatic heterocycles. The van der Waals surface area contributed by atoms with Gasteiger partial charge in [-0.1, -0.05) is 18.2 Å². The minimum atomic E-state index is -0.559. The fraction of sp³-hybridized carbons (Fsp3) is 0.250. The third kappa shape index (κ3) is 3.17. The highest BCUT2D eigenvalue weighted by Gasteiger charge is 2.15. The van der Waals surface area contributed by atoms with E-state index in [1.165, 1.54) is 0 Å². The van der Waals surface area contributed by atoms with Crippen LogP contribution in [-0.4, -0.2) is 33.4 Å². The van der Waals surface area contributed by atoms with Crippen molar-refractivity contribution in [2.24, 2.45) is 5.73 Å². The molecule has 3 rings (SSSR count). The van der Waals surface area contributed by atoms with Gasteiger partial charge in [-0.3, -0.25) is 4.79 Å². The van der Waals surface area contributed by atoms with Gasteiger partial charge in [0.25, 0.3) is 0 Å². The van der Waals surface area contributed by atoms with Crippen LogP contribution in [0.4, 0.5) is 0 Å². The third-order valence-corrected chi connectivity index (χ3v) is 3.67. The second-order valence-corrected chi connectivity index (χ2v) is 5.25. The molecule has 2 aromatic heterocycles. The number of rotatable bonds is 6. The highest BCUT2D eigenvalue weighted by Crippen LogP contribution is 2.18. The Balaban J connectivity index is 1.54. The number of hydrogen-bond donors (Lipinski definition) is 4. The van der Waals surface area contributed by atoms with Crippen molar-refractivity contribution in [3.63, 3.8) is 0 Å². The van der Waals surface area contributed by atoms with E-state index in [9.17, 15) is 4.79 Å². The van der Waals surface area contributed by atoms with Gasteiger partial charge in [-0.25, -0.2) is 4.98 Å². The second kappa shape index (κ2) is 6.44. The predicted octanol–water partition coefficient (Wildman–Crippen LogP) is 1.12. The van der Waals surface area contributed by atoms with Crippen LogP contribution >= 0.6 is 0 Å². The summed E-state index contributed by atoms with van der Waals surface area (Å²) in [6, 6.07) is 7.44. The van der Waals surface area contributed by atoms with E-state index in [1.807, 2.05) is 30.5 Å². The van der Waals surface area contributed by atoms with Gasteiger partial charge in [-0.15, -0.1) is 0 Å². The van der Waals surface area contributed by atoms with Gasteiger partial charge >= 0.3 is 0 Å². The number of nitrogens with zero attached hydrogens (tertiary/aromatic N) is 1. The standard InChI is InChI=1S/C16H19N5O/c17-13(16(22)20-6-5-15-18-7-8-19-15)9-11-10-21-14-4-2-1-3-12(11)14/h1-4,7-8,10,13,21H,5-6,9,17H2,(H,18,19)(H,20,22)/t13-/m0/s1. The number of hydrogen-bond acceptors (Lipinski definition) is 3. The molecule has 0 saturated heterocycles. The Bertz CT molecular complexity index is 747. The van der Waals surface area contributed by atoms with Crippen molar-refractivity contribution < 1.29 is 4.79 Å². The summed E-state index contributed by atoms with van der Waals surface area (Å²) in [5.74, 6) is 0.710. The summed E-state index contributed by atoms with van der Waals surface area (Å²) in [7, 11) is 0. The summed E-state index contributed by atoms with van der Waals surface area (Å²) in [5, 5.41) is 3.96. The molecule has 0 bridgehead atoms. The van der Waals surface area contributed by atoms with Crippen LogP contribution in [0.15, 0.2) is 42.9 Å². The minimum Gasteiger partial charge on any atom is -0.361 e. The van der Waals surface area contributed by atoms with Crippen LogP contribution in [0, 0.1) is 0 Å². The first-order chi connectivity index (χ1) is 10.7. The van der Waals surface area contributed by atoms with Gasteiger partial charge in [0.05, 0.1) is 6.04 Å². The molecule has 1 aromatic carbocycles. The molecule has 1 atom stereocenters. The van der Waals surface area contributed by atoms with E-state index in [2.05, 4.69) is 20.3 Å². The lowest BCUT2D eigenvalue weighted by Gasteiger charge is -2.11. The second-order valence-electron chi connectivity index (χ2n) is 5.25. The molecule has 1 amide bonds. The van der Waals surface area contributed by atoms with Gasteiger partial charge in [-0.2, -0.15) is 0 Å².